The van der Waals surface area contributed by atoms with E-state index in [0.717, 1.165) is 16.1 Å². The third kappa shape index (κ3) is 3.49. The first kappa shape index (κ1) is 15.9. The van der Waals surface area contributed by atoms with Crippen LogP contribution in [0, 0.1) is 17.0 Å². The fourth-order valence-corrected chi connectivity index (χ4v) is 3.12. The van der Waals surface area contributed by atoms with E-state index in [-0.39, 0.29) is 17.4 Å². The number of furan rings is 1. The first-order chi connectivity index (χ1) is 11.5. The van der Waals surface area contributed by atoms with Gasteiger partial charge in [-0.15, -0.1) is 11.3 Å². The van der Waals surface area contributed by atoms with Crippen LogP contribution < -0.4 is 5.32 Å². The molecule has 122 valence electrons. The summed E-state index contributed by atoms with van der Waals surface area (Å²) in [7, 11) is 0. The van der Waals surface area contributed by atoms with Crippen LogP contribution in [0.25, 0.3) is 0 Å². The topological polar surface area (TPSA) is 98.3 Å². The van der Waals surface area contributed by atoms with Crippen molar-refractivity contribution < 1.29 is 14.1 Å². The highest BCUT2D eigenvalue weighted by atomic mass is 32.1. The quantitative estimate of drug-likeness (QED) is 0.561. The predicted molar refractivity (Wildman–Crippen MR) is 89.4 cm³/mol. The molecule has 0 spiro atoms. The molecule has 0 radical (unpaired) electrons. The zero-order chi connectivity index (χ0) is 17.1. The van der Waals surface area contributed by atoms with Gasteiger partial charge in [-0.3, -0.25) is 20.2 Å². The molecule has 3 aromatic rings. The molecule has 0 atom stereocenters. The maximum Gasteiger partial charge on any atom is 0.293 e. The van der Waals surface area contributed by atoms with E-state index in [2.05, 4.69) is 10.3 Å². The number of carbonyl (C=O) groups is 1. The van der Waals surface area contributed by atoms with Gasteiger partial charge in [0.25, 0.3) is 11.6 Å². The second-order valence-electron chi connectivity index (χ2n) is 5.06. The smallest absolute Gasteiger partial charge is 0.293 e. The van der Waals surface area contributed by atoms with Gasteiger partial charge in [-0.1, -0.05) is 12.1 Å². The minimum atomic E-state index is -0.427. The molecule has 0 saturated carbocycles. The minimum Gasteiger partial charge on any atom is -0.459 e. The molecule has 1 amide bonds. The van der Waals surface area contributed by atoms with Crippen LogP contribution in [0.5, 0.6) is 0 Å². The molecule has 0 aliphatic heterocycles. The van der Waals surface area contributed by atoms with Crippen molar-refractivity contribution in [2.45, 2.75) is 13.3 Å². The Bertz CT molecular complexity index is 869. The molecule has 3 rings (SSSR count). The number of hydrogen-bond donors (Lipinski definition) is 1. The van der Waals surface area contributed by atoms with E-state index in [4.69, 9.17) is 4.42 Å². The Balaban J connectivity index is 1.72. The molecule has 0 bridgehead atoms. The number of hydrogen-bond acceptors (Lipinski definition) is 6. The van der Waals surface area contributed by atoms with Gasteiger partial charge >= 0.3 is 0 Å². The van der Waals surface area contributed by atoms with Crippen LogP contribution in [0.3, 0.4) is 0 Å². The highest BCUT2D eigenvalue weighted by Gasteiger charge is 2.14. The van der Waals surface area contributed by atoms with Crippen molar-refractivity contribution in [1.29, 1.82) is 0 Å². The molecule has 1 N–H and O–H groups in total. The summed E-state index contributed by atoms with van der Waals surface area (Å²) in [6.07, 6.45) is 2.03. The number of rotatable bonds is 5. The molecule has 0 fully saturated rings. The van der Waals surface area contributed by atoms with Gasteiger partial charge in [0.15, 0.2) is 10.9 Å². The Morgan fingerprint density at radius 2 is 2.08 bits per heavy atom. The molecule has 8 heteroatoms. The molecule has 24 heavy (non-hydrogen) atoms. The van der Waals surface area contributed by atoms with Crippen LogP contribution in [-0.4, -0.2) is 15.8 Å². The maximum absolute atomic E-state index is 12.0. The highest BCUT2D eigenvalue weighted by Crippen LogP contribution is 2.26. The summed E-state index contributed by atoms with van der Waals surface area (Å²) >= 11 is 1.37. The summed E-state index contributed by atoms with van der Waals surface area (Å²) in [6.45, 7) is 1.86. The molecule has 7 nitrogen and oxygen atoms in total. The van der Waals surface area contributed by atoms with Crippen LogP contribution in [0.4, 0.5) is 10.8 Å². The number of thiazole rings is 1. The largest absolute Gasteiger partial charge is 0.459 e. The van der Waals surface area contributed by atoms with E-state index in [0.29, 0.717) is 11.6 Å². The summed E-state index contributed by atoms with van der Waals surface area (Å²) < 4.78 is 5.04. The van der Waals surface area contributed by atoms with Crippen molar-refractivity contribution in [3.05, 3.63) is 74.7 Å². The van der Waals surface area contributed by atoms with E-state index in [1.54, 1.807) is 24.3 Å². The number of amides is 1. The van der Waals surface area contributed by atoms with Crippen molar-refractivity contribution in [1.82, 2.24) is 4.98 Å². The lowest BCUT2D eigenvalue weighted by atomic mass is 10.1. The van der Waals surface area contributed by atoms with E-state index in [1.807, 2.05) is 6.92 Å². The number of nitrogens with zero attached hydrogens (tertiary/aromatic N) is 2. The first-order valence-electron chi connectivity index (χ1n) is 7.07. The summed E-state index contributed by atoms with van der Waals surface area (Å²) in [5.41, 5.74) is 1.82. The van der Waals surface area contributed by atoms with E-state index in [9.17, 15) is 14.9 Å². The second kappa shape index (κ2) is 6.63. The molecule has 0 aliphatic rings. The number of nitrogens with one attached hydrogen (secondary N) is 1. The van der Waals surface area contributed by atoms with Crippen molar-refractivity contribution in [3.63, 3.8) is 0 Å². The Morgan fingerprint density at radius 3 is 2.71 bits per heavy atom. The summed E-state index contributed by atoms with van der Waals surface area (Å²) in [5, 5.41) is 13.9. The highest BCUT2D eigenvalue weighted by molar-refractivity contribution is 7.15. The van der Waals surface area contributed by atoms with Crippen LogP contribution in [-0.2, 0) is 6.42 Å². The van der Waals surface area contributed by atoms with Gasteiger partial charge in [-0.2, -0.15) is 0 Å². The average molecular weight is 343 g/mol. The lowest BCUT2D eigenvalue weighted by Crippen LogP contribution is -2.10. The van der Waals surface area contributed by atoms with Crippen molar-refractivity contribution >= 4 is 28.1 Å². The van der Waals surface area contributed by atoms with Gasteiger partial charge in [0.05, 0.1) is 16.9 Å². The third-order valence-electron chi connectivity index (χ3n) is 3.37. The van der Waals surface area contributed by atoms with Gasteiger partial charge < -0.3 is 4.42 Å². The standard InChI is InChI=1S/C16H13N3O4S/c1-10-14(9-11-4-6-12(7-5-11)19(21)22)24-16(17-10)18-15(20)13-3-2-8-23-13/h2-8H,9H2,1H3,(H,17,18,20). The molecular weight excluding hydrogens is 330 g/mol. The van der Waals surface area contributed by atoms with E-state index < -0.39 is 4.92 Å². The zero-order valence-electron chi connectivity index (χ0n) is 12.7. The van der Waals surface area contributed by atoms with E-state index >= 15 is 0 Å². The van der Waals surface area contributed by atoms with Crippen molar-refractivity contribution in [3.8, 4) is 0 Å². The average Bonchev–Trinajstić information content (AvgIpc) is 3.19. The number of nitro groups is 1. The number of carbonyl (C=O) groups excluding carboxylic acids is 1. The van der Waals surface area contributed by atoms with Crippen molar-refractivity contribution in [2.75, 3.05) is 5.32 Å². The summed E-state index contributed by atoms with van der Waals surface area (Å²) in [6, 6.07) is 9.61. The van der Waals surface area contributed by atoms with Gasteiger partial charge in [-0.25, -0.2) is 4.98 Å². The van der Waals surface area contributed by atoms with Crippen LogP contribution in [0.15, 0.2) is 47.1 Å². The Morgan fingerprint density at radius 1 is 1.33 bits per heavy atom. The van der Waals surface area contributed by atoms with Gasteiger partial charge in [0.1, 0.15) is 0 Å². The normalized spacial score (nSPS) is 10.5. The molecule has 2 aromatic heterocycles. The molecule has 1 aromatic carbocycles. The number of nitro benzene ring substituents is 1. The Labute approximate surface area is 141 Å². The predicted octanol–water partition coefficient (Wildman–Crippen LogP) is 3.80. The number of aryl methyl sites for hydroxylation is 1. The van der Waals surface area contributed by atoms with Gasteiger partial charge in [0, 0.05) is 23.4 Å². The number of anilines is 1. The zero-order valence-corrected chi connectivity index (χ0v) is 13.5. The van der Waals surface area contributed by atoms with E-state index in [1.165, 1.54) is 29.7 Å². The fourth-order valence-electron chi connectivity index (χ4n) is 2.13. The summed E-state index contributed by atoms with van der Waals surface area (Å²) in [5.74, 6) is -0.129. The lowest BCUT2D eigenvalue weighted by molar-refractivity contribution is -0.384. The lowest BCUT2D eigenvalue weighted by Gasteiger charge is -1.99. The minimum absolute atomic E-state index is 0.0613. The molecule has 2 heterocycles. The summed E-state index contributed by atoms with van der Waals surface area (Å²) in [4.78, 5) is 27.5. The number of benzene rings is 1. The SMILES string of the molecule is Cc1nc(NC(=O)c2ccco2)sc1Cc1ccc([N+](=O)[O-])cc1. The van der Waals surface area contributed by atoms with Crippen LogP contribution in [0.2, 0.25) is 0 Å². The van der Waals surface area contributed by atoms with Gasteiger partial charge in [0.2, 0.25) is 0 Å². The van der Waals surface area contributed by atoms with Crippen molar-refractivity contribution in [2.24, 2.45) is 0 Å². The Kier molecular flexibility index (Phi) is 4.39. The Hall–Kier alpha value is -3.00. The van der Waals surface area contributed by atoms with Crippen LogP contribution in [0.1, 0.15) is 26.7 Å². The molecule has 0 saturated heterocycles. The number of non-ortho nitro benzene ring substituents is 1. The first-order valence-corrected chi connectivity index (χ1v) is 7.89. The monoisotopic (exact) mass is 343 g/mol. The van der Waals surface area contributed by atoms with Crippen LogP contribution >= 0.6 is 11.3 Å². The number of aromatic nitrogens is 1. The fraction of sp³-hybridized carbons (Fsp3) is 0.125. The van der Waals surface area contributed by atoms with Gasteiger partial charge in [-0.05, 0) is 24.6 Å². The third-order valence-corrected chi connectivity index (χ3v) is 4.44. The molecule has 0 unspecified atom stereocenters. The maximum atomic E-state index is 12.0. The second-order valence-corrected chi connectivity index (χ2v) is 6.14. The molecule has 0 aliphatic carbocycles. The molecular formula is C16H13N3O4S.